The Bertz CT molecular complexity index is 625. The topological polar surface area (TPSA) is 12.0 Å². The summed E-state index contributed by atoms with van der Waals surface area (Å²) in [7, 11) is 1.91. The molecule has 0 heterocycles. The summed E-state index contributed by atoms with van der Waals surface area (Å²) in [6.07, 6.45) is 2.06. The van der Waals surface area contributed by atoms with Gasteiger partial charge in [0.15, 0.2) is 0 Å². The molecule has 0 saturated carbocycles. The molecule has 2 aromatic rings. The number of halogens is 2. The van der Waals surface area contributed by atoms with E-state index in [2.05, 4.69) is 53.3 Å². The SMILES string of the molecule is CCc1ccc(C(NC)c2ccc(Br)c(F)c2)cc1CC. The molecular weight excluding hydrogens is 329 g/mol. The van der Waals surface area contributed by atoms with Crippen LogP contribution < -0.4 is 5.32 Å². The maximum absolute atomic E-state index is 13.8. The summed E-state index contributed by atoms with van der Waals surface area (Å²) in [5.74, 6) is -0.228. The number of hydrogen-bond acceptors (Lipinski definition) is 1. The summed E-state index contributed by atoms with van der Waals surface area (Å²) in [5.41, 5.74) is 4.86. The van der Waals surface area contributed by atoms with Crippen LogP contribution in [0.1, 0.15) is 42.1 Å². The molecule has 0 saturated heterocycles. The molecule has 0 fully saturated rings. The molecule has 0 aliphatic rings. The standard InChI is InChI=1S/C18H21BrFN/c1-4-12-6-7-14(10-13(12)5-2)18(21-3)15-8-9-16(19)17(20)11-15/h6-11,18,21H,4-5H2,1-3H3. The molecule has 1 atom stereocenters. The van der Waals surface area contributed by atoms with E-state index in [-0.39, 0.29) is 11.9 Å². The van der Waals surface area contributed by atoms with Gasteiger partial charge in [0.25, 0.3) is 0 Å². The minimum Gasteiger partial charge on any atom is -0.309 e. The van der Waals surface area contributed by atoms with Crippen molar-refractivity contribution in [2.75, 3.05) is 7.05 Å². The molecule has 2 aromatic carbocycles. The first-order valence-corrected chi connectivity index (χ1v) is 8.13. The molecule has 1 unspecified atom stereocenters. The van der Waals surface area contributed by atoms with E-state index in [0.717, 1.165) is 18.4 Å². The molecule has 0 spiro atoms. The number of nitrogens with one attached hydrogen (secondary N) is 1. The van der Waals surface area contributed by atoms with Crippen LogP contribution in [0.5, 0.6) is 0 Å². The van der Waals surface area contributed by atoms with Crippen LogP contribution in [-0.2, 0) is 12.8 Å². The van der Waals surface area contributed by atoms with Crippen molar-refractivity contribution in [2.45, 2.75) is 32.7 Å². The van der Waals surface area contributed by atoms with E-state index in [9.17, 15) is 4.39 Å². The Morgan fingerprint density at radius 3 is 2.19 bits per heavy atom. The minimum absolute atomic E-state index is 0.00352. The molecule has 1 N–H and O–H groups in total. The van der Waals surface area contributed by atoms with Crippen molar-refractivity contribution in [3.05, 3.63) is 68.9 Å². The zero-order valence-electron chi connectivity index (χ0n) is 12.7. The largest absolute Gasteiger partial charge is 0.309 e. The molecule has 0 amide bonds. The lowest BCUT2D eigenvalue weighted by Gasteiger charge is -2.19. The van der Waals surface area contributed by atoms with E-state index < -0.39 is 0 Å². The van der Waals surface area contributed by atoms with Gasteiger partial charge in [-0.15, -0.1) is 0 Å². The van der Waals surface area contributed by atoms with Gasteiger partial charge in [-0.1, -0.05) is 38.1 Å². The van der Waals surface area contributed by atoms with Gasteiger partial charge in [0.05, 0.1) is 10.5 Å². The van der Waals surface area contributed by atoms with Gasteiger partial charge in [0.2, 0.25) is 0 Å². The number of hydrogen-bond donors (Lipinski definition) is 1. The average Bonchev–Trinajstić information content (AvgIpc) is 2.51. The lowest BCUT2D eigenvalue weighted by atomic mass is 9.93. The van der Waals surface area contributed by atoms with Crippen molar-refractivity contribution in [3.63, 3.8) is 0 Å². The summed E-state index contributed by atoms with van der Waals surface area (Å²) in [5, 5.41) is 3.29. The van der Waals surface area contributed by atoms with Crippen LogP contribution in [0, 0.1) is 5.82 Å². The first-order chi connectivity index (χ1) is 10.1. The van der Waals surface area contributed by atoms with Crippen LogP contribution in [0.2, 0.25) is 0 Å². The Morgan fingerprint density at radius 1 is 1.00 bits per heavy atom. The summed E-state index contributed by atoms with van der Waals surface area (Å²) in [4.78, 5) is 0. The second-order valence-corrected chi connectivity index (χ2v) is 5.98. The van der Waals surface area contributed by atoms with Crippen LogP contribution in [0.3, 0.4) is 0 Å². The Morgan fingerprint density at radius 2 is 1.62 bits per heavy atom. The molecule has 1 nitrogen and oxygen atoms in total. The predicted octanol–water partition coefficient (Wildman–Crippen LogP) is 5.02. The third-order valence-corrected chi connectivity index (χ3v) is 4.53. The predicted molar refractivity (Wildman–Crippen MR) is 90.2 cm³/mol. The van der Waals surface area contributed by atoms with E-state index in [4.69, 9.17) is 0 Å². The number of benzene rings is 2. The first kappa shape index (κ1) is 16.2. The van der Waals surface area contributed by atoms with Crippen LogP contribution in [0.25, 0.3) is 0 Å². The molecule has 112 valence electrons. The Balaban J connectivity index is 2.43. The second-order valence-electron chi connectivity index (χ2n) is 5.13. The van der Waals surface area contributed by atoms with E-state index in [1.165, 1.54) is 16.7 Å². The highest BCUT2D eigenvalue weighted by atomic mass is 79.9. The highest BCUT2D eigenvalue weighted by molar-refractivity contribution is 9.10. The fourth-order valence-corrected chi connectivity index (χ4v) is 2.96. The van der Waals surface area contributed by atoms with Crippen molar-refractivity contribution in [3.8, 4) is 0 Å². The van der Waals surface area contributed by atoms with Gasteiger partial charge in [-0.05, 0) is 70.2 Å². The van der Waals surface area contributed by atoms with Gasteiger partial charge in [0, 0.05) is 0 Å². The summed E-state index contributed by atoms with van der Waals surface area (Å²) in [6, 6.07) is 11.9. The van der Waals surface area contributed by atoms with E-state index in [0.29, 0.717) is 4.47 Å². The quantitative estimate of drug-likeness (QED) is 0.798. The van der Waals surface area contributed by atoms with Crippen molar-refractivity contribution in [1.29, 1.82) is 0 Å². The van der Waals surface area contributed by atoms with Crippen molar-refractivity contribution in [2.24, 2.45) is 0 Å². The molecule has 2 rings (SSSR count). The normalized spacial score (nSPS) is 12.4. The lowest BCUT2D eigenvalue weighted by Crippen LogP contribution is -2.18. The van der Waals surface area contributed by atoms with E-state index in [1.54, 1.807) is 12.1 Å². The van der Waals surface area contributed by atoms with E-state index >= 15 is 0 Å². The number of aryl methyl sites for hydroxylation is 2. The van der Waals surface area contributed by atoms with Gasteiger partial charge >= 0.3 is 0 Å². The summed E-state index contributed by atoms with van der Waals surface area (Å²) < 4.78 is 14.3. The van der Waals surface area contributed by atoms with Crippen LogP contribution in [0.4, 0.5) is 4.39 Å². The Labute approximate surface area is 134 Å². The first-order valence-electron chi connectivity index (χ1n) is 7.34. The van der Waals surface area contributed by atoms with Crippen LogP contribution in [0.15, 0.2) is 40.9 Å². The maximum atomic E-state index is 13.8. The smallest absolute Gasteiger partial charge is 0.137 e. The zero-order valence-corrected chi connectivity index (χ0v) is 14.3. The Kier molecular flexibility index (Phi) is 5.54. The fraction of sp³-hybridized carbons (Fsp3) is 0.333. The van der Waals surface area contributed by atoms with Crippen molar-refractivity contribution in [1.82, 2.24) is 5.32 Å². The second kappa shape index (κ2) is 7.19. The lowest BCUT2D eigenvalue weighted by molar-refractivity contribution is 0.610. The van der Waals surface area contributed by atoms with Crippen LogP contribution >= 0.6 is 15.9 Å². The Hall–Kier alpha value is -1.19. The van der Waals surface area contributed by atoms with Gasteiger partial charge in [-0.2, -0.15) is 0 Å². The average molecular weight is 350 g/mol. The van der Waals surface area contributed by atoms with Crippen molar-refractivity contribution >= 4 is 15.9 Å². The molecular formula is C18H21BrFN. The van der Waals surface area contributed by atoms with Gasteiger partial charge in [-0.3, -0.25) is 0 Å². The number of rotatable bonds is 5. The van der Waals surface area contributed by atoms with Crippen molar-refractivity contribution < 1.29 is 4.39 Å². The zero-order chi connectivity index (χ0) is 15.4. The third kappa shape index (κ3) is 3.53. The summed E-state index contributed by atoms with van der Waals surface area (Å²) in [6.45, 7) is 4.35. The molecule has 0 aliphatic heterocycles. The molecule has 0 radical (unpaired) electrons. The summed E-state index contributed by atoms with van der Waals surface area (Å²) >= 11 is 3.20. The molecule has 21 heavy (non-hydrogen) atoms. The fourth-order valence-electron chi connectivity index (χ4n) is 2.72. The van der Waals surface area contributed by atoms with E-state index in [1.807, 2.05) is 13.1 Å². The molecule has 0 aromatic heterocycles. The highest BCUT2D eigenvalue weighted by Gasteiger charge is 2.15. The monoisotopic (exact) mass is 349 g/mol. The van der Waals surface area contributed by atoms with Gasteiger partial charge in [0.1, 0.15) is 5.82 Å². The van der Waals surface area contributed by atoms with Gasteiger partial charge < -0.3 is 5.32 Å². The molecule has 3 heteroatoms. The van der Waals surface area contributed by atoms with Crippen LogP contribution in [-0.4, -0.2) is 7.05 Å². The molecule has 0 bridgehead atoms. The maximum Gasteiger partial charge on any atom is 0.137 e. The minimum atomic E-state index is -0.228. The molecule has 0 aliphatic carbocycles. The van der Waals surface area contributed by atoms with Gasteiger partial charge in [-0.25, -0.2) is 4.39 Å². The highest BCUT2D eigenvalue weighted by Crippen LogP contribution is 2.27. The third-order valence-electron chi connectivity index (χ3n) is 3.89.